The number of anilines is 1. The van der Waals surface area contributed by atoms with E-state index >= 15 is 0 Å². The van der Waals surface area contributed by atoms with Crippen LogP contribution in [-0.2, 0) is 27.3 Å². The highest BCUT2D eigenvalue weighted by Gasteiger charge is 2.28. The number of hydrogen-bond acceptors (Lipinski definition) is 8. The van der Waals surface area contributed by atoms with Gasteiger partial charge in [-0.1, -0.05) is 0 Å². The summed E-state index contributed by atoms with van der Waals surface area (Å²) in [5.41, 5.74) is 3.82. The number of pyridine rings is 1. The Morgan fingerprint density at radius 1 is 1.22 bits per heavy atom. The monoisotopic (exact) mass is 501 g/mol. The highest BCUT2D eigenvalue weighted by molar-refractivity contribution is 6.01. The van der Waals surface area contributed by atoms with Gasteiger partial charge >= 0.3 is 12.0 Å². The Kier molecular flexibility index (Phi) is 8.06. The first-order valence-corrected chi connectivity index (χ1v) is 12.1. The lowest BCUT2D eigenvalue weighted by Gasteiger charge is -2.27. The lowest BCUT2D eigenvalue weighted by Crippen LogP contribution is -2.55. The van der Waals surface area contributed by atoms with E-state index in [1.807, 2.05) is 12.2 Å². The lowest BCUT2D eigenvalue weighted by atomic mass is 9.99. The van der Waals surface area contributed by atoms with Crippen molar-refractivity contribution in [2.24, 2.45) is 0 Å². The number of fused-ring (bicyclic) bond motifs is 3. The van der Waals surface area contributed by atoms with Crippen molar-refractivity contribution in [2.75, 3.05) is 44.8 Å². The van der Waals surface area contributed by atoms with E-state index in [-0.39, 0.29) is 12.0 Å². The number of H-pyrrole nitrogens is 1. The highest BCUT2D eigenvalue weighted by Crippen LogP contribution is 2.36. The molecule has 194 valence electrons. The van der Waals surface area contributed by atoms with Crippen LogP contribution >= 0.6 is 0 Å². The quantitative estimate of drug-likeness (QED) is 0.399. The number of nitrogens with one attached hydrogen (secondary N) is 4. The molecule has 4 heterocycles. The third kappa shape index (κ3) is 5.94. The smallest absolute Gasteiger partial charge is 0.326 e. The molecule has 12 heteroatoms. The summed E-state index contributed by atoms with van der Waals surface area (Å²) in [5, 5.41) is 16.8. The van der Waals surface area contributed by atoms with E-state index in [4.69, 9.17) is 14.6 Å². The third-order valence-electron chi connectivity index (χ3n) is 6.20. The fourth-order valence-corrected chi connectivity index (χ4v) is 4.54. The van der Waals surface area contributed by atoms with Crippen molar-refractivity contribution in [3.8, 4) is 5.75 Å². The highest BCUT2D eigenvalue weighted by atomic mass is 16.5. The van der Waals surface area contributed by atoms with E-state index in [2.05, 4.69) is 32.7 Å². The number of aliphatic carboxylic acids is 1. The largest absolute Gasteiger partial charge is 0.493 e. The molecule has 36 heavy (non-hydrogen) atoms. The number of ether oxygens (including phenoxy) is 2. The van der Waals surface area contributed by atoms with Crippen molar-refractivity contribution < 1.29 is 29.0 Å². The SMILES string of the molecule is CCOc1cc(CN2CCOCC2)cc2[nH]c(=O)c3c(c12)NCCC3.O=C1CC(C(=O)O)NC(=O)N1. The number of carbonyl (C=O) groups is 3. The van der Waals surface area contributed by atoms with Gasteiger partial charge in [-0.3, -0.25) is 19.8 Å². The number of urea groups is 1. The molecule has 3 aliphatic heterocycles. The molecule has 2 aromatic rings. The van der Waals surface area contributed by atoms with Gasteiger partial charge in [0.05, 0.1) is 42.8 Å². The number of aromatic nitrogens is 1. The summed E-state index contributed by atoms with van der Waals surface area (Å²) in [7, 11) is 0. The first-order valence-electron chi connectivity index (χ1n) is 12.1. The summed E-state index contributed by atoms with van der Waals surface area (Å²) < 4.78 is 11.4. The van der Waals surface area contributed by atoms with Crippen molar-refractivity contribution in [1.29, 1.82) is 0 Å². The van der Waals surface area contributed by atoms with Gasteiger partial charge < -0.3 is 30.2 Å². The van der Waals surface area contributed by atoms with E-state index in [0.717, 1.165) is 85.7 Å². The van der Waals surface area contributed by atoms with Gasteiger partial charge in [0, 0.05) is 31.7 Å². The van der Waals surface area contributed by atoms with E-state index in [1.54, 1.807) is 0 Å². The van der Waals surface area contributed by atoms with Crippen LogP contribution in [0.3, 0.4) is 0 Å². The third-order valence-corrected chi connectivity index (χ3v) is 6.20. The number of aromatic amines is 1. The molecule has 5 rings (SSSR count). The fourth-order valence-electron chi connectivity index (χ4n) is 4.54. The topological polar surface area (TPSA) is 162 Å². The van der Waals surface area contributed by atoms with E-state index < -0.39 is 23.9 Å². The molecular formula is C24H31N5O7. The maximum Gasteiger partial charge on any atom is 0.326 e. The van der Waals surface area contributed by atoms with Crippen molar-refractivity contribution in [3.63, 3.8) is 0 Å². The number of carboxylic acids is 1. The predicted molar refractivity (Wildman–Crippen MR) is 131 cm³/mol. The van der Waals surface area contributed by atoms with Crippen LogP contribution in [0.25, 0.3) is 10.9 Å². The number of benzene rings is 1. The van der Waals surface area contributed by atoms with Crippen LogP contribution in [-0.4, -0.2) is 78.4 Å². The van der Waals surface area contributed by atoms with Crippen LogP contribution in [0.1, 0.15) is 30.9 Å². The lowest BCUT2D eigenvalue weighted by molar-refractivity contribution is -0.141. The fraction of sp³-hybridized carbons (Fsp3) is 0.500. The zero-order valence-corrected chi connectivity index (χ0v) is 20.1. The molecule has 0 radical (unpaired) electrons. The number of amides is 3. The normalized spacial score (nSPS) is 19.8. The molecule has 1 aromatic heterocycles. The van der Waals surface area contributed by atoms with Crippen molar-refractivity contribution in [2.45, 2.75) is 38.8 Å². The van der Waals surface area contributed by atoms with Crippen LogP contribution in [0.2, 0.25) is 0 Å². The van der Waals surface area contributed by atoms with Gasteiger partial charge in [0.1, 0.15) is 11.8 Å². The minimum absolute atomic E-state index is 0.0145. The number of carbonyl (C=O) groups excluding carboxylic acids is 2. The Hall–Kier alpha value is -3.64. The van der Waals surface area contributed by atoms with Gasteiger partial charge in [-0.2, -0.15) is 0 Å². The summed E-state index contributed by atoms with van der Waals surface area (Å²) in [6, 6.07) is 2.37. The summed E-state index contributed by atoms with van der Waals surface area (Å²) in [4.78, 5) is 49.2. The predicted octanol–water partition coefficient (Wildman–Crippen LogP) is 0.786. The van der Waals surface area contributed by atoms with E-state index in [9.17, 15) is 19.2 Å². The van der Waals surface area contributed by atoms with Gasteiger partial charge in [0.25, 0.3) is 5.56 Å². The van der Waals surface area contributed by atoms with Gasteiger partial charge in [-0.25, -0.2) is 9.59 Å². The summed E-state index contributed by atoms with van der Waals surface area (Å²) in [5.74, 6) is -0.917. The van der Waals surface area contributed by atoms with Crippen LogP contribution in [0.4, 0.5) is 10.5 Å². The number of imide groups is 1. The molecule has 0 bridgehead atoms. The zero-order chi connectivity index (χ0) is 25.7. The maximum absolute atomic E-state index is 12.5. The van der Waals surface area contributed by atoms with E-state index in [0.29, 0.717) is 6.61 Å². The molecule has 1 atom stereocenters. The minimum atomic E-state index is -1.20. The molecule has 5 N–H and O–H groups in total. The molecule has 12 nitrogen and oxygen atoms in total. The average molecular weight is 502 g/mol. The molecule has 3 aliphatic rings. The average Bonchev–Trinajstić information content (AvgIpc) is 2.84. The minimum Gasteiger partial charge on any atom is -0.493 e. The molecule has 3 amide bonds. The van der Waals surface area contributed by atoms with Gasteiger partial charge in [-0.05, 0) is 37.5 Å². The van der Waals surface area contributed by atoms with Crippen molar-refractivity contribution in [3.05, 3.63) is 33.6 Å². The van der Waals surface area contributed by atoms with Gasteiger partial charge in [0.2, 0.25) is 5.91 Å². The first-order chi connectivity index (χ1) is 17.4. The number of morpholine rings is 1. The molecular weight excluding hydrogens is 470 g/mol. The number of rotatable bonds is 5. The van der Waals surface area contributed by atoms with Crippen molar-refractivity contribution >= 4 is 34.5 Å². The molecule has 1 aromatic carbocycles. The number of hydrogen-bond donors (Lipinski definition) is 5. The second-order valence-corrected chi connectivity index (χ2v) is 8.79. The number of carboxylic acid groups (broad SMARTS) is 1. The maximum atomic E-state index is 12.5. The van der Waals surface area contributed by atoms with Gasteiger partial charge in [-0.15, -0.1) is 0 Å². The Bertz CT molecular complexity index is 1190. The summed E-state index contributed by atoms with van der Waals surface area (Å²) in [6.07, 6.45) is 1.59. The molecule has 1 unspecified atom stereocenters. The Morgan fingerprint density at radius 3 is 2.69 bits per heavy atom. The molecule has 0 saturated carbocycles. The zero-order valence-electron chi connectivity index (χ0n) is 20.1. The second-order valence-electron chi connectivity index (χ2n) is 8.79. The summed E-state index contributed by atoms with van der Waals surface area (Å²) in [6.45, 7) is 7.75. The Balaban J connectivity index is 0.000000233. The van der Waals surface area contributed by atoms with Crippen LogP contribution in [0.15, 0.2) is 16.9 Å². The van der Waals surface area contributed by atoms with Crippen molar-refractivity contribution in [1.82, 2.24) is 20.5 Å². The van der Waals surface area contributed by atoms with Crippen LogP contribution < -0.4 is 26.2 Å². The number of nitrogens with zero attached hydrogens (tertiary/aromatic N) is 1. The van der Waals surface area contributed by atoms with Crippen LogP contribution in [0.5, 0.6) is 5.75 Å². The molecule has 2 fully saturated rings. The second kappa shape index (κ2) is 11.4. The molecule has 0 aliphatic carbocycles. The standard InChI is InChI=1S/C19H25N3O3.C5H6N2O4/c1-2-25-16-11-13(12-22-6-8-24-9-7-22)10-15-17(16)18-14(19(23)21-15)4-3-5-20-18;8-3-1-2(4(9)10)6-5(11)7-3/h10-11,20H,2-9,12H2,1H3,(H,21,23);2H,1H2,(H,9,10)(H2,6,7,8,11). The summed E-state index contributed by atoms with van der Waals surface area (Å²) >= 11 is 0. The van der Waals surface area contributed by atoms with E-state index in [1.165, 1.54) is 0 Å². The Labute approximate surface area is 207 Å². The molecule has 2 saturated heterocycles. The first kappa shape index (κ1) is 25.5. The van der Waals surface area contributed by atoms with Gasteiger partial charge in [0.15, 0.2) is 0 Å². The molecule has 0 spiro atoms. The van der Waals surface area contributed by atoms with Crippen LogP contribution in [0, 0.1) is 0 Å². The Morgan fingerprint density at radius 2 is 2.00 bits per heavy atom.